The monoisotopic (exact) mass is 330 g/mol. The Morgan fingerprint density at radius 2 is 1.92 bits per heavy atom. The van der Waals surface area contributed by atoms with Crippen LogP contribution in [0.2, 0.25) is 0 Å². The third-order valence-electron chi connectivity index (χ3n) is 6.22. The number of carbonyl (C=O) groups is 2. The minimum Gasteiger partial charge on any atom is -0.338 e. The maximum absolute atomic E-state index is 12.7. The number of likely N-dealkylation sites (tertiary alicyclic amines) is 2. The molecule has 24 heavy (non-hydrogen) atoms. The summed E-state index contributed by atoms with van der Waals surface area (Å²) >= 11 is 0. The quantitative estimate of drug-likeness (QED) is 0.829. The van der Waals surface area contributed by atoms with E-state index in [0.29, 0.717) is 24.6 Å². The molecule has 3 fully saturated rings. The summed E-state index contributed by atoms with van der Waals surface area (Å²) in [5, 5.41) is 4.09. The van der Waals surface area contributed by atoms with Crippen LogP contribution >= 0.6 is 0 Å². The van der Waals surface area contributed by atoms with Crippen molar-refractivity contribution >= 4 is 11.8 Å². The van der Waals surface area contributed by atoms with Gasteiger partial charge in [0.2, 0.25) is 5.91 Å². The molecule has 2 saturated heterocycles. The topological polar surface area (TPSA) is 58.4 Å². The summed E-state index contributed by atoms with van der Waals surface area (Å²) in [6.45, 7) is 4.49. The average molecular weight is 330 g/mol. The maximum atomic E-state index is 12.7. The van der Waals surface area contributed by atoms with Crippen LogP contribution in [-0.2, 0) is 11.8 Å². The zero-order valence-corrected chi connectivity index (χ0v) is 14.6. The molecule has 0 aromatic carbocycles. The second-order valence-electron chi connectivity index (χ2n) is 7.98. The van der Waals surface area contributed by atoms with Crippen molar-refractivity contribution in [3.05, 3.63) is 18.0 Å². The second kappa shape index (κ2) is 5.60. The molecule has 2 aliphatic heterocycles. The third kappa shape index (κ3) is 2.43. The SMILES string of the molecule is CC1CCC(C(=O)N2CC3(CCN3C(=O)c3cnn(C)c3)C2)CC1. The predicted molar refractivity (Wildman–Crippen MR) is 89.3 cm³/mol. The standard InChI is InChI=1S/C18H26N4O2/c1-13-3-5-14(6-4-13)16(23)21-11-18(12-21)7-8-22(18)17(24)15-9-19-20(2)10-15/h9-10,13-14H,3-8,11-12H2,1-2H3. The van der Waals surface area contributed by atoms with Gasteiger partial charge in [-0.2, -0.15) is 5.10 Å². The first-order chi connectivity index (χ1) is 11.5. The number of rotatable bonds is 2. The van der Waals surface area contributed by atoms with Gasteiger partial charge in [-0.1, -0.05) is 6.92 Å². The van der Waals surface area contributed by atoms with E-state index >= 15 is 0 Å². The fraction of sp³-hybridized carbons (Fsp3) is 0.722. The van der Waals surface area contributed by atoms with Crippen LogP contribution < -0.4 is 0 Å². The Morgan fingerprint density at radius 3 is 2.46 bits per heavy atom. The van der Waals surface area contributed by atoms with Gasteiger partial charge < -0.3 is 9.80 Å². The Hall–Kier alpha value is -1.85. The Morgan fingerprint density at radius 1 is 1.21 bits per heavy atom. The molecule has 6 heteroatoms. The fourth-order valence-electron chi connectivity index (χ4n) is 4.46. The highest BCUT2D eigenvalue weighted by Crippen LogP contribution is 2.41. The summed E-state index contributed by atoms with van der Waals surface area (Å²) in [4.78, 5) is 29.2. The molecule has 3 heterocycles. The first-order valence-corrected chi connectivity index (χ1v) is 9.08. The van der Waals surface area contributed by atoms with Crippen molar-refractivity contribution in [1.29, 1.82) is 0 Å². The molecule has 0 N–H and O–H groups in total. The van der Waals surface area contributed by atoms with Crippen LogP contribution in [0, 0.1) is 11.8 Å². The average Bonchev–Trinajstić information content (AvgIpc) is 2.92. The van der Waals surface area contributed by atoms with Crippen molar-refractivity contribution in [2.75, 3.05) is 19.6 Å². The Labute approximate surface area is 142 Å². The van der Waals surface area contributed by atoms with Crippen LogP contribution in [-0.4, -0.2) is 56.6 Å². The van der Waals surface area contributed by atoms with Crippen molar-refractivity contribution < 1.29 is 9.59 Å². The van der Waals surface area contributed by atoms with E-state index in [0.717, 1.165) is 31.7 Å². The lowest BCUT2D eigenvalue weighted by molar-refractivity contribution is -0.159. The van der Waals surface area contributed by atoms with E-state index in [1.807, 2.05) is 16.8 Å². The zero-order valence-electron chi connectivity index (χ0n) is 14.6. The predicted octanol–water partition coefficient (Wildman–Crippen LogP) is 1.67. The molecule has 0 radical (unpaired) electrons. The highest BCUT2D eigenvalue weighted by molar-refractivity contribution is 5.95. The minimum absolute atomic E-state index is 0.0490. The molecule has 0 bridgehead atoms. The lowest BCUT2D eigenvalue weighted by Gasteiger charge is -2.62. The number of carbonyl (C=O) groups excluding carboxylic acids is 2. The van der Waals surface area contributed by atoms with E-state index in [-0.39, 0.29) is 17.4 Å². The molecule has 3 aliphatic rings. The van der Waals surface area contributed by atoms with Crippen molar-refractivity contribution in [2.45, 2.75) is 44.6 Å². The molecule has 1 aromatic heterocycles. The number of aromatic nitrogens is 2. The van der Waals surface area contributed by atoms with Crippen LogP contribution in [0.25, 0.3) is 0 Å². The van der Waals surface area contributed by atoms with Crippen LogP contribution in [0.15, 0.2) is 12.4 Å². The van der Waals surface area contributed by atoms with Crippen molar-refractivity contribution in [1.82, 2.24) is 19.6 Å². The summed E-state index contributed by atoms with van der Waals surface area (Å²) in [5.41, 5.74) is 0.535. The summed E-state index contributed by atoms with van der Waals surface area (Å²) in [6.07, 6.45) is 8.79. The van der Waals surface area contributed by atoms with Crippen LogP contribution in [0.1, 0.15) is 49.4 Å². The summed E-state index contributed by atoms with van der Waals surface area (Å²) in [7, 11) is 1.82. The largest absolute Gasteiger partial charge is 0.338 e. The molecule has 1 aromatic rings. The molecular weight excluding hydrogens is 304 g/mol. The lowest BCUT2D eigenvalue weighted by atomic mass is 9.75. The summed E-state index contributed by atoms with van der Waals surface area (Å²) < 4.78 is 1.65. The molecule has 130 valence electrons. The highest BCUT2D eigenvalue weighted by atomic mass is 16.2. The highest BCUT2D eigenvalue weighted by Gasteiger charge is 2.57. The van der Waals surface area contributed by atoms with Gasteiger partial charge in [-0.25, -0.2) is 0 Å². The maximum Gasteiger partial charge on any atom is 0.257 e. The van der Waals surface area contributed by atoms with Crippen molar-refractivity contribution in [3.63, 3.8) is 0 Å². The van der Waals surface area contributed by atoms with Gasteiger partial charge in [0.05, 0.1) is 17.3 Å². The molecule has 1 saturated carbocycles. The van der Waals surface area contributed by atoms with E-state index in [9.17, 15) is 9.59 Å². The van der Waals surface area contributed by atoms with E-state index in [1.165, 1.54) is 12.8 Å². The molecular formula is C18H26N4O2. The first-order valence-electron chi connectivity index (χ1n) is 9.08. The normalized spacial score (nSPS) is 28.4. The molecule has 1 aliphatic carbocycles. The number of hydrogen-bond donors (Lipinski definition) is 0. The molecule has 0 atom stereocenters. The smallest absolute Gasteiger partial charge is 0.257 e. The summed E-state index contributed by atoms with van der Waals surface area (Å²) in [6, 6.07) is 0. The third-order valence-corrected chi connectivity index (χ3v) is 6.22. The fourth-order valence-corrected chi connectivity index (χ4v) is 4.46. The summed E-state index contributed by atoms with van der Waals surface area (Å²) in [5.74, 6) is 1.33. The molecule has 1 spiro atoms. The second-order valence-corrected chi connectivity index (χ2v) is 7.98. The van der Waals surface area contributed by atoms with E-state index in [4.69, 9.17) is 0 Å². The van der Waals surface area contributed by atoms with Crippen LogP contribution in [0.4, 0.5) is 0 Å². The number of nitrogens with zero attached hydrogens (tertiary/aromatic N) is 4. The van der Waals surface area contributed by atoms with E-state index in [1.54, 1.807) is 17.1 Å². The van der Waals surface area contributed by atoms with Gasteiger partial charge in [-0.15, -0.1) is 0 Å². The lowest BCUT2D eigenvalue weighted by Crippen LogP contribution is -2.78. The molecule has 4 rings (SSSR count). The molecule has 6 nitrogen and oxygen atoms in total. The van der Waals surface area contributed by atoms with Gasteiger partial charge in [-0.05, 0) is 38.0 Å². The van der Waals surface area contributed by atoms with E-state index in [2.05, 4.69) is 12.0 Å². The van der Waals surface area contributed by atoms with E-state index < -0.39 is 0 Å². The van der Waals surface area contributed by atoms with Gasteiger partial charge in [-0.3, -0.25) is 14.3 Å². The van der Waals surface area contributed by atoms with Gasteiger partial charge >= 0.3 is 0 Å². The zero-order chi connectivity index (χ0) is 16.9. The van der Waals surface area contributed by atoms with Crippen molar-refractivity contribution in [3.8, 4) is 0 Å². The number of amides is 2. The van der Waals surface area contributed by atoms with Gasteiger partial charge in [0.15, 0.2) is 0 Å². The van der Waals surface area contributed by atoms with Crippen LogP contribution in [0.3, 0.4) is 0 Å². The van der Waals surface area contributed by atoms with Crippen molar-refractivity contribution in [2.24, 2.45) is 18.9 Å². The number of aryl methyl sites for hydroxylation is 1. The van der Waals surface area contributed by atoms with Gasteiger partial charge in [0.1, 0.15) is 0 Å². The Kier molecular flexibility index (Phi) is 3.66. The van der Waals surface area contributed by atoms with Gasteiger partial charge in [0.25, 0.3) is 5.91 Å². The van der Waals surface area contributed by atoms with Crippen LogP contribution in [0.5, 0.6) is 0 Å². The first kappa shape index (κ1) is 15.7. The Bertz CT molecular complexity index is 654. The molecule has 2 amide bonds. The molecule has 0 unspecified atom stereocenters. The van der Waals surface area contributed by atoms with Gasteiger partial charge in [0, 0.05) is 38.8 Å². The Balaban J connectivity index is 1.36. The number of hydrogen-bond acceptors (Lipinski definition) is 3. The minimum atomic E-state index is -0.107.